The third kappa shape index (κ3) is 3.18. The first-order valence-electron chi connectivity index (χ1n) is 5.00. The SMILES string of the molecule is CSc1cccc(CSC2=CC=CC2)c1. The highest BCUT2D eigenvalue weighted by Gasteiger charge is 2.01. The van der Waals surface area contributed by atoms with E-state index in [0.29, 0.717) is 0 Å². The Hall–Kier alpha value is -0.600. The van der Waals surface area contributed by atoms with Gasteiger partial charge in [0.15, 0.2) is 0 Å². The maximum absolute atomic E-state index is 2.28. The fourth-order valence-electron chi connectivity index (χ4n) is 1.47. The molecule has 0 radical (unpaired) electrons. The molecule has 0 spiro atoms. The molecule has 0 bridgehead atoms. The van der Waals surface area contributed by atoms with Crippen molar-refractivity contribution < 1.29 is 0 Å². The molecule has 0 aliphatic heterocycles. The fourth-order valence-corrected chi connectivity index (χ4v) is 2.88. The summed E-state index contributed by atoms with van der Waals surface area (Å²) in [7, 11) is 0. The van der Waals surface area contributed by atoms with Crippen molar-refractivity contribution in [2.45, 2.75) is 17.1 Å². The Morgan fingerprint density at radius 1 is 1.33 bits per heavy atom. The number of hydrogen-bond acceptors (Lipinski definition) is 2. The Kier molecular flexibility index (Phi) is 3.98. The second kappa shape index (κ2) is 5.47. The highest BCUT2D eigenvalue weighted by Crippen LogP contribution is 2.28. The van der Waals surface area contributed by atoms with Crippen LogP contribution in [-0.4, -0.2) is 6.26 Å². The number of rotatable bonds is 4. The molecular weight excluding hydrogens is 220 g/mol. The lowest BCUT2D eigenvalue weighted by atomic mass is 10.2. The van der Waals surface area contributed by atoms with Crippen molar-refractivity contribution in [2.24, 2.45) is 0 Å². The lowest BCUT2D eigenvalue weighted by molar-refractivity contribution is 1.33. The molecule has 0 N–H and O–H groups in total. The van der Waals surface area contributed by atoms with Gasteiger partial charge in [0.05, 0.1) is 0 Å². The van der Waals surface area contributed by atoms with Gasteiger partial charge in [0.2, 0.25) is 0 Å². The van der Waals surface area contributed by atoms with Crippen LogP contribution in [0.2, 0.25) is 0 Å². The first-order chi connectivity index (χ1) is 7.38. The molecule has 0 nitrogen and oxygen atoms in total. The van der Waals surface area contributed by atoms with Gasteiger partial charge >= 0.3 is 0 Å². The van der Waals surface area contributed by atoms with E-state index in [4.69, 9.17) is 0 Å². The van der Waals surface area contributed by atoms with E-state index < -0.39 is 0 Å². The van der Waals surface area contributed by atoms with Gasteiger partial charge in [-0.3, -0.25) is 0 Å². The van der Waals surface area contributed by atoms with E-state index in [1.165, 1.54) is 15.4 Å². The van der Waals surface area contributed by atoms with Crippen LogP contribution in [0.3, 0.4) is 0 Å². The van der Waals surface area contributed by atoms with Crippen LogP contribution < -0.4 is 0 Å². The minimum atomic E-state index is 1.09. The van der Waals surface area contributed by atoms with Crippen molar-refractivity contribution in [3.8, 4) is 0 Å². The van der Waals surface area contributed by atoms with Crippen molar-refractivity contribution in [1.29, 1.82) is 0 Å². The number of allylic oxidation sites excluding steroid dienone is 4. The second-order valence-electron chi connectivity index (χ2n) is 3.41. The summed E-state index contributed by atoms with van der Waals surface area (Å²) in [5, 5.41) is 0. The van der Waals surface area contributed by atoms with Gasteiger partial charge in [-0.15, -0.1) is 23.5 Å². The fraction of sp³-hybridized carbons (Fsp3) is 0.231. The Morgan fingerprint density at radius 3 is 3.00 bits per heavy atom. The molecule has 1 aromatic rings. The molecule has 1 aliphatic carbocycles. The average molecular weight is 234 g/mol. The van der Waals surface area contributed by atoms with Gasteiger partial charge in [-0.25, -0.2) is 0 Å². The van der Waals surface area contributed by atoms with Crippen molar-refractivity contribution in [3.63, 3.8) is 0 Å². The smallest absolute Gasteiger partial charge is 0.0229 e. The van der Waals surface area contributed by atoms with Crippen LogP contribution >= 0.6 is 23.5 Å². The number of hydrogen-bond donors (Lipinski definition) is 0. The third-order valence-corrected chi connectivity index (χ3v) is 4.17. The molecule has 0 saturated carbocycles. The van der Waals surface area contributed by atoms with Crippen LogP contribution in [0.25, 0.3) is 0 Å². The summed E-state index contributed by atoms with van der Waals surface area (Å²) in [5.41, 5.74) is 1.42. The van der Waals surface area contributed by atoms with Crippen LogP contribution in [0.4, 0.5) is 0 Å². The standard InChI is InChI=1S/C13H14S2/c1-14-13-8-4-5-11(9-13)10-15-12-6-2-3-7-12/h2-6,8-9H,7,10H2,1H3. The maximum Gasteiger partial charge on any atom is 0.0229 e. The van der Waals surface area contributed by atoms with Gasteiger partial charge in [-0.05, 0) is 35.3 Å². The Labute approximate surface area is 99.8 Å². The third-order valence-electron chi connectivity index (χ3n) is 2.30. The molecule has 2 rings (SSSR count). The lowest BCUT2D eigenvalue weighted by Gasteiger charge is -2.04. The van der Waals surface area contributed by atoms with Gasteiger partial charge in [0.25, 0.3) is 0 Å². The van der Waals surface area contributed by atoms with Crippen LogP contribution in [0.15, 0.2) is 52.3 Å². The molecule has 15 heavy (non-hydrogen) atoms. The van der Waals surface area contributed by atoms with E-state index in [1.54, 1.807) is 11.8 Å². The van der Waals surface area contributed by atoms with E-state index in [1.807, 2.05) is 11.8 Å². The summed E-state index contributed by atoms with van der Waals surface area (Å²) in [6.07, 6.45) is 9.80. The van der Waals surface area contributed by atoms with Crippen LogP contribution in [0, 0.1) is 0 Å². The summed E-state index contributed by atoms with van der Waals surface area (Å²) in [6, 6.07) is 8.79. The van der Waals surface area contributed by atoms with Crippen molar-refractivity contribution in [3.05, 3.63) is 53.0 Å². The molecule has 0 amide bonds. The summed E-state index contributed by atoms with van der Waals surface area (Å²) in [6.45, 7) is 0. The highest BCUT2D eigenvalue weighted by atomic mass is 32.2. The largest absolute Gasteiger partial charge is 0.130 e. The first kappa shape index (κ1) is 10.9. The molecule has 0 saturated heterocycles. The van der Waals surface area contributed by atoms with Crippen molar-refractivity contribution in [1.82, 2.24) is 0 Å². The van der Waals surface area contributed by atoms with Gasteiger partial charge < -0.3 is 0 Å². The van der Waals surface area contributed by atoms with Gasteiger partial charge in [0, 0.05) is 10.6 Å². The number of benzene rings is 1. The summed E-state index contributed by atoms with van der Waals surface area (Å²) in [5.74, 6) is 1.09. The van der Waals surface area contributed by atoms with Crippen LogP contribution in [0.5, 0.6) is 0 Å². The molecule has 78 valence electrons. The topological polar surface area (TPSA) is 0 Å². The lowest BCUT2D eigenvalue weighted by Crippen LogP contribution is -1.81. The Bertz CT molecular complexity index is 391. The molecule has 1 aromatic carbocycles. The van der Waals surface area contributed by atoms with E-state index in [-0.39, 0.29) is 0 Å². The molecule has 2 heteroatoms. The Balaban J connectivity index is 1.92. The molecule has 0 aromatic heterocycles. The first-order valence-corrected chi connectivity index (χ1v) is 7.21. The average Bonchev–Trinajstić information content (AvgIpc) is 2.79. The molecule has 0 atom stereocenters. The minimum Gasteiger partial charge on any atom is -0.130 e. The monoisotopic (exact) mass is 234 g/mol. The highest BCUT2D eigenvalue weighted by molar-refractivity contribution is 8.02. The van der Waals surface area contributed by atoms with Crippen LogP contribution in [-0.2, 0) is 5.75 Å². The minimum absolute atomic E-state index is 1.09. The predicted octanol–water partition coefficient (Wildman–Crippen LogP) is 4.49. The van der Waals surface area contributed by atoms with Gasteiger partial charge in [-0.2, -0.15) is 0 Å². The quantitative estimate of drug-likeness (QED) is 0.704. The van der Waals surface area contributed by atoms with Crippen LogP contribution in [0.1, 0.15) is 12.0 Å². The van der Waals surface area contributed by atoms with E-state index in [9.17, 15) is 0 Å². The van der Waals surface area contributed by atoms with E-state index >= 15 is 0 Å². The molecular formula is C13H14S2. The van der Waals surface area contributed by atoms with Crippen molar-refractivity contribution >= 4 is 23.5 Å². The zero-order chi connectivity index (χ0) is 10.5. The zero-order valence-corrected chi connectivity index (χ0v) is 10.4. The molecule has 1 aliphatic rings. The van der Waals surface area contributed by atoms with E-state index in [2.05, 4.69) is 48.7 Å². The maximum atomic E-state index is 2.28. The van der Waals surface area contributed by atoms with Gasteiger partial charge in [-0.1, -0.05) is 30.4 Å². The molecule has 0 fully saturated rings. The Morgan fingerprint density at radius 2 is 2.27 bits per heavy atom. The van der Waals surface area contributed by atoms with E-state index in [0.717, 1.165) is 12.2 Å². The predicted molar refractivity (Wildman–Crippen MR) is 71.4 cm³/mol. The summed E-state index contributed by atoms with van der Waals surface area (Å²) < 4.78 is 0. The summed E-state index contributed by atoms with van der Waals surface area (Å²) >= 11 is 3.75. The molecule has 0 unspecified atom stereocenters. The van der Waals surface area contributed by atoms with Gasteiger partial charge in [0.1, 0.15) is 0 Å². The zero-order valence-electron chi connectivity index (χ0n) is 8.77. The van der Waals surface area contributed by atoms with Crippen molar-refractivity contribution in [2.75, 3.05) is 6.26 Å². The second-order valence-corrected chi connectivity index (χ2v) is 5.39. The molecule has 0 heterocycles. The normalized spacial score (nSPS) is 14.3. The number of thioether (sulfide) groups is 2. The summed E-state index contributed by atoms with van der Waals surface area (Å²) in [4.78, 5) is 2.83.